The molecule has 0 spiro atoms. The fourth-order valence-electron chi connectivity index (χ4n) is 0.965. The SMILES string of the molecule is CC1N=C2C=CC=NN2N1. The van der Waals surface area contributed by atoms with E-state index >= 15 is 0 Å². The van der Waals surface area contributed by atoms with Crippen LogP contribution in [0.3, 0.4) is 0 Å². The molecule has 2 aliphatic heterocycles. The monoisotopic (exact) mass is 136 g/mol. The molecule has 0 aromatic rings. The molecule has 0 aromatic heterocycles. The van der Waals surface area contributed by atoms with E-state index in [0.29, 0.717) is 0 Å². The number of hydrazine groups is 1. The first kappa shape index (κ1) is 5.61. The second-order valence-corrected chi connectivity index (χ2v) is 2.23. The van der Waals surface area contributed by atoms with Crippen LogP contribution < -0.4 is 5.43 Å². The number of nitrogens with one attached hydrogen (secondary N) is 1. The van der Waals surface area contributed by atoms with Crippen molar-refractivity contribution in [1.29, 1.82) is 0 Å². The molecule has 2 rings (SSSR count). The van der Waals surface area contributed by atoms with Crippen LogP contribution in [-0.4, -0.2) is 23.3 Å². The third kappa shape index (κ3) is 0.733. The van der Waals surface area contributed by atoms with Gasteiger partial charge < -0.3 is 0 Å². The van der Waals surface area contributed by atoms with E-state index in [9.17, 15) is 0 Å². The molecule has 0 radical (unpaired) electrons. The minimum atomic E-state index is 0.148. The lowest BCUT2D eigenvalue weighted by Gasteiger charge is -2.13. The second-order valence-electron chi connectivity index (χ2n) is 2.23. The molecule has 0 amide bonds. The van der Waals surface area contributed by atoms with Gasteiger partial charge in [-0.15, -0.1) is 0 Å². The molecule has 0 saturated carbocycles. The number of fused-ring (bicyclic) bond motifs is 1. The van der Waals surface area contributed by atoms with Crippen LogP contribution in [0, 0.1) is 0 Å². The minimum Gasteiger partial charge on any atom is -0.245 e. The summed E-state index contributed by atoms with van der Waals surface area (Å²) in [7, 11) is 0. The highest BCUT2D eigenvalue weighted by Gasteiger charge is 2.19. The first-order valence-electron chi connectivity index (χ1n) is 3.21. The maximum atomic E-state index is 4.24. The van der Waals surface area contributed by atoms with E-state index in [0.717, 1.165) is 5.84 Å². The van der Waals surface area contributed by atoms with Gasteiger partial charge in [0.1, 0.15) is 6.17 Å². The molecule has 0 bridgehead atoms. The highest BCUT2D eigenvalue weighted by molar-refractivity contribution is 5.99. The summed E-state index contributed by atoms with van der Waals surface area (Å²) in [5, 5.41) is 5.69. The summed E-state index contributed by atoms with van der Waals surface area (Å²) in [5.41, 5.74) is 3.04. The number of rotatable bonds is 0. The molecule has 1 N–H and O–H groups in total. The van der Waals surface area contributed by atoms with Gasteiger partial charge in [-0.05, 0) is 19.1 Å². The largest absolute Gasteiger partial charge is 0.245 e. The molecule has 4 nitrogen and oxygen atoms in total. The molecule has 1 atom stereocenters. The molecule has 0 saturated heterocycles. The molecule has 0 fully saturated rings. The summed E-state index contributed by atoms with van der Waals surface area (Å²) >= 11 is 0. The zero-order valence-electron chi connectivity index (χ0n) is 5.65. The number of hydrogen-bond donors (Lipinski definition) is 1. The van der Waals surface area contributed by atoms with Crippen molar-refractivity contribution in [1.82, 2.24) is 10.5 Å². The summed E-state index contributed by atoms with van der Waals surface area (Å²) in [5.74, 6) is 0.884. The molecular weight excluding hydrogens is 128 g/mol. The van der Waals surface area contributed by atoms with E-state index in [2.05, 4.69) is 15.5 Å². The first-order chi connectivity index (χ1) is 4.86. The lowest BCUT2D eigenvalue weighted by atomic mass is 10.4. The van der Waals surface area contributed by atoms with Gasteiger partial charge in [-0.25, -0.2) is 4.99 Å². The Kier molecular flexibility index (Phi) is 1.07. The third-order valence-electron chi connectivity index (χ3n) is 1.37. The van der Waals surface area contributed by atoms with Crippen molar-refractivity contribution in [3.63, 3.8) is 0 Å². The van der Waals surface area contributed by atoms with Crippen LogP contribution in [0.2, 0.25) is 0 Å². The summed E-state index contributed by atoms with van der Waals surface area (Å²) in [6, 6.07) is 0. The van der Waals surface area contributed by atoms with Gasteiger partial charge in [0.25, 0.3) is 0 Å². The maximum Gasteiger partial charge on any atom is 0.163 e. The van der Waals surface area contributed by atoms with Crippen molar-refractivity contribution in [3.05, 3.63) is 12.2 Å². The van der Waals surface area contributed by atoms with Gasteiger partial charge in [0.05, 0.1) is 0 Å². The van der Waals surface area contributed by atoms with Crippen LogP contribution in [0.15, 0.2) is 22.2 Å². The number of aliphatic imine (C=N–C) groups is 1. The van der Waals surface area contributed by atoms with E-state index in [1.54, 1.807) is 11.3 Å². The molecule has 2 heterocycles. The highest BCUT2D eigenvalue weighted by Crippen LogP contribution is 2.06. The van der Waals surface area contributed by atoms with E-state index < -0.39 is 0 Å². The fraction of sp³-hybridized carbons (Fsp3) is 0.333. The lowest BCUT2D eigenvalue weighted by Crippen LogP contribution is -2.35. The molecule has 0 aliphatic carbocycles. The molecular formula is C6H8N4. The molecule has 2 aliphatic rings. The normalized spacial score (nSPS) is 28.7. The summed E-state index contributed by atoms with van der Waals surface area (Å²) in [6.45, 7) is 1.98. The van der Waals surface area contributed by atoms with Crippen LogP contribution in [0.4, 0.5) is 0 Å². The van der Waals surface area contributed by atoms with Crippen molar-refractivity contribution in [3.8, 4) is 0 Å². The van der Waals surface area contributed by atoms with E-state index in [1.165, 1.54) is 0 Å². The number of allylic oxidation sites excluding steroid dienone is 1. The zero-order valence-corrected chi connectivity index (χ0v) is 5.65. The van der Waals surface area contributed by atoms with Crippen molar-refractivity contribution < 1.29 is 0 Å². The Morgan fingerprint density at radius 1 is 1.70 bits per heavy atom. The van der Waals surface area contributed by atoms with Crippen molar-refractivity contribution in [2.24, 2.45) is 10.1 Å². The fourth-order valence-corrected chi connectivity index (χ4v) is 0.965. The van der Waals surface area contributed by atoms with Gasteiger partial charge in [-0.1, -0.05) is 0 Å². The zero-order chi connectivity index (χ0) is 6.97. The average molecular weight is 136 g/mol. The quantitative estimate of drug-likeness (QED) is 0.513. The Morgan fingerprint density at radius 2 is 2.60 bits per heavy atom. The predicted octanol–water partition coefficient (Wildman–Crippen LogP) is 0.107. The van der Waals surface area contributed by atoms with Crippen molar-refractivity contribution >= 4 is 12.1 Å². The van der Waals surface area contributed by atoms with E-state index in [1.807, 2.05) is 19.1 Å². The van der Waals surface area contributed by atoms with E-state index in [-0.39, 0.29) is 6.17 Å². The smallest absolute Gasteiger partial charge is 0.163 e. The highest BCUT2D eigenvalue weighted by atomic mass is 15.7. The Morgan fingerprint density at radius 3 is 3.40 bits per heavy atom. The average Bonchev–Trinajstić information content (AvgIpc) is 2.27. The summed E-state index contributed by atoms with van der Waals surface area (Å²) in [6.07, 6.45) is 5.66. The summed E-state index contributed by atoms with van der Waals surface area (Å²) < 4.78 is 0. The predicted molar refractivity (Wildman–Crippen MR) is 39.5 cm³/mol. The standard InChI is InChI=1S/C6H8N4/c1-5-8-6-3-2-4-7-10(6)9-5/h2-5,9H,1H3. The van der Waals surface area contributed by atoms with Crippen LogP contribution in [0.1, 0.15) is 6.92 Å². The molecule has 1 unspecified atom stereocenters. The van der Waals surface area contributed by atoms with Crippen molar-refractivity contribution in [2.75, 3.05) is 0 Å². The molecule has 4 heteroatoms. The summed E-state index contributed by atoms with van der Waals surface area (Å²) in [4.78, 5) is 4.24. The van der Waals surface area contributed by atoms with Gasteiger partial charge in [0.15, 0.2) is 5.84 Å². The Hall–Kier alpha value is -1.16. The lowest BCUT2D eigenvalue weighted by molar-refractivity contribution is 0.322. The van der Waals surface area contributed by atoms with Crippen molar-refractivity contribution in [2.45, 2.75) is 13.1 Å². The van der Waals surface area contributed by atoms with Gasteiger partial charge in [0.2, 0.25) is 0 Å². The van der Waals surface area contributed by atoms with Gasteiger partial charge in [0, 0.05) is 6.21 Å². The third-order valence-corrected chi connectivity index (χ3v) is 1.37. The van der Waals surface area contributed by atoms with Crippen LogP contribution >= 0.6 is 0 Å². The maximum absolute atomic E-state index is 4.24. The Labute approximate surface area is 58.9 Å². The first-order valence-corrected chi connectivity index (χ1v) is 3.21. The molecule has 10 heavy (non-hydrogen) atoms. The second kappa shape index (κ2) is 1.91. The van der Waals surface area contributed by atoms with E-state index in [4.69, 9.17) is 0 Å². The van der Waals surface area contributed by atoms with Gasteiger partial charge >= 0.3 is 0 Å². The van der Waals surface area contributed by atoms with Gasteiger partial charge in [-0.3, -0.25) is 0 Å². The topological polar surface area (TPSA) is 40.0 Å². The van der Waals surface area contributed by atoms with Crippen LogP contribution in [0.5, 0.6) is 0 Å². The minimum absolute atomic E-state index is 0.148. The van der Waals surface area contributed by atoms with Crippen LogP contribution in [-0.2, 0) is 0 Å². The molecule has 52 valence electrons. The van der Waals surface area contributed by atoms with Gasteiger partial charge in [-0.2, -0.15) is 15.6 Å². The Bertz CT molecular complexity index is 228. The number of hydrogen-bond acceptors (Lipinski definition) is 4. The van der Waals surface area contributed by atoms with Crippen LogP contribution in [0.25, 0.3) is 0 Å². The Balaban J connectivity index is 2.29. The number of amidine groups is 1. The number of nitrogens with zero attached hydrogens (tertiary/aromatic N) is 3. The molecule has 0 aromatic carbocycles. The number of hydrazone groups is 1.